The second-order valence-electron chi connectivity index (χ2n) is 6.90. The van der Waals surface area contributed by atoms with Crippen LogP contribution in [0.15, 0.2) is 104 Å². The van der Waals surface area contributed by atoms with E-state index in [2.05, 4.69) is 6.58 Å². The lowest BCUT2D eigenvalue weighted by molar-refractivity contribution is 0.386. The Morgan fingerprint density at radius 2 is 1.16 bits per heavy atom. The first-order valence-corrected chi connectivity index (χ1v) is 11.0. The van der Waals surface area contributed by atoms with Crippen molar-refractivity contribution >= 4 is 16.5 Å². The van der Waals surface area contributed by atoms with Crippen molar-refractivity contribution in [3.8, 4) is 39.1 Å². The molecule has 5 heteroatoms. The SMILES string of the molecule is C=Cc1c(OS(=O)(=O)O)cc(-c2ccccc2)c(-c2ccccc2)c1-c1ccccc1. The second-order valence-corrected chi connectivity index (χ2v) is 7.92. The van der Waals surface area contributed by atoms with Crippen molar-refractivity contribution < 1.29 is 17.2 Å². The molecule has 0 amide bonds. The predicted octanol–water partition coefficient (Wildman–Crippen LogP) is 6.51. The molecule has 0 spiro atoms. The van der Waals surface area contributed by atoms with Gasteiger partial charge in [0.2, 0.25) is 0 Å². The largest absolute Gasteiger partial charge is 0.446 e. The maximum Gasteiger partial charge on any atom is 0.446 e. The number of benzene rings is 4. The van der Waals surface area contributed by atoms with Crippen LogP contribution in [0.25, 0.3) is 39.5 Å². The highest BCUT2D eigenvalue weighted by atomic mass is 32.3. The van der Waals surface area contributed by atoms with Gasteiger partial charge in [0.25, 0.3) is 0 Å². The van der Waals surface area contributed by atoms with E-state index in [0.29, 0.717) is 5.56 Å². The van der Waals surface area contributed by atoms with Crippen LogP contribution in [0.1, 0.15) is 5.56 Å². The molecule has 0 saturated heterocycles. The Morgan fingerprint density at radius 1 is 0.710 bits per heavy atom. The third kappa shape index (κ3) is 4.43. The first kappa shape index (κ1) is 20.6. The fourth-order valence-electron chi connectivity index (χ4n) is 3.71. The van der Waals surface area contributed by atoms with E-state index in [1.807, 2.05) is 91.0 Å². The lowest BCUT2D eigenvalue weighted by Gasteiger charge is -2.21. The zero-order valence-electron chi connectivity index (χ0n) is 16.6. The number of rotatable bonds is 6. The Balaban J connectivity index is 2.18. The normalized spacial score (nSPS) is 11.1. The van der Waals surface area contributed by atoms with Crippen LogP contribution in [0.5, 0.6) is 5.75 Å². The molecule has 0 saturated carbocycles. The van der Waals surface area contributed by atoms with E-state index in [9.17, 15) is 13.0 Å². The summed E-state index contributed by atoms with van der Waals surface area (Å²) in [6, 6.07) is 30.8. The Hall–Kier alpha value is -3.67. The predicted molar refractivity (Wildman–Crippen MR) is 125 cm³/mol. The standard InChI is InChI=1S/C26H20O4S/c1-2-22-24(30-31(27,28)29)18-23(19-12-6-3-7-13-19)26(21-16-10-5-11-17-21)25(22)20-14-8-4-9-15-20/h2-18H,1H2,(H,27,28,29). The molecule has 0 aromatic heterocycles. The van der Waals surface area contributed by atoms with Crippen LogP contribution in [-0.4, -0.2) is 13.0 Å². The number of hydrogen-bond donors (Lipinski definition) is 1. The van der Waals surface area contributed by atoms with Crippen LogP contribution >= 0.6 is 0 Å². The Kier molecular flexibility index (Phi) is 5.71. The van der Waals surface area contributed by atoms with Gasteiger partial charge >= 0.3 is 10.4 Å². The van der Waals surface area contributed by atoms with E-state index in [0.717, 1.165) is 33.4 Å². The summed E-state index contributed by atoms with van der Waals surface area (Å²) in [4.78, 5) is 0. The van der Waals surface area contributed by atoms with E-state index in [4.69, 9.17) is 4.18 Å². The van der Waals surface area contributed by atoms with Gasteiger partial charge in [0.05, 0.1) is 0 Å². The molecule has 154 valence electrons. The van der Waals surface area contributed by atoms with Crippen molar-refractivity contribution in [1.29, 1.82) is 0 Å². The van der Waals surface area contributed by atoms with Crippen molar-refractivity contribution in [3.63, 3.8) is 0 Å². The maximum atomic E-state index is 11.6. The van der Waals surface area contributed by atoms with Gasteiger partial charge in [-0.2, -0.15) is 8.42 Å². The zero-order chi connectivity index (χ0) is 21.8. The van der Waals surface area contributed by atoms with Crippen LogP contribution < -0.4 is 4.18 Å². The third-order valence-electron chi connectivity index (χ3n) is 4.94. The quantitative estimate of drug-likeness (QED) is 0.356. The van der Waals surface area contributed by atoms with Crippen molar-refractivity contribution in [2.24, 2.45) is 0 Å². The van der Waals surface area contributed by atoms with Crippen LogP contribution in [0.4, 0.5) is 0 Å². The smallest absolute Gasteiger partial charge is 0.361 e. The summed E-state index contributed by atoms with van der Waals surface area (Å²) < 4.78 is 37.6. The molecule has 1 N–H and O–H groups in total. The van der Waals surface area contributed by atoms with E-state index in [1.54, 1.807) is 12.1 Å². The van der Waals surface area contributed by atoms with Gasteiger partial charge in [-0.05, 0) is 33.9 Å². The molecule has 4 aromatic carbocycles. The molecule has 0 heterocycles. The molecule has 0 aliphatic rings. The maximum absolute atomic E-state index is 11.6. The average molecular weight is 429 g/mol. The van der Waals surface area contributed by atoms with Crippen LogP contribution in [-0.2, 0) is 10.4 Å². The van der Waals surface area contributed by atoms with Gasteiger partial charge < -0.3 is 4.18 Å². The van der Waals surface area contributed by atoms with E-state index < -0.39 is 10.4 Å². The lowest BCUT2D eigenvalue weighted by atomic mass is 9.84. The molecule has 0 atom stereocenters. The minimum absolute atomic E-state index is 0.00915. The second kappa shape index (κ2) is 8.60. The molecule has 0 unspecified atom stereocenters. The highest BCUT2D eigenvalue weighted by molar-refractivity contribution is 7.81. The molecular weight excluding hydrogens is 408 g/mol. The molecule has 4 nitrogen and oxygen atoms in total. The summed E-state index contributed by atoms with van der Waals surface area (Å²) in [6.45, 7) is 3.89. The minimum Gasteiger partial charge on any atom is -0.361 e. The highest BCUT2D eigenvalue weighted by Gasteiger charge is 2.23. The summed E-state index contributed by atoms with van der Waals surface area (Å²) in [5.41, 5.74) is 5.64. The first-order chi connectivity index (χ1) is 15.0. The van der Waals surface area contributed by atoms with Gasteiger partial charge in [-0.25, -0.2) is 0 Å². The van der Waals surface area contributed by atoms with Crippen molar-refractivity contribution in [2.75, 3.05) is 0 Å². The highest BCUT2D eigenvalue weighted by Crippen LogP contribution is 2.46. The summed E-state index contributed by atoms with van der Waals surface area (Å²) in [7, 11) is -4.73. The van der Waals surface area contributed by atoms with Crippen molar-refractivity contribution in [2.45, 2.75) is 0 Å². The van der Waals surface area contributed by atoms with Crippen LogP contribution in [0.2, 0.25) is 0 Å². The molecule has 0 aliphatic carbocycles. The molecule has 4 aromatic rings. The fourth-order valence-corrected chi connectivity index (χ4v) is 4.08. The Labute approximate surface area is 182 Å². The van der Waals surface area contributed by atoms with Gasteiger partial charge in [0.15, 0.2) is 5.75 Å². The molecule has 0 fully saturated rings. The van der Waals surface area contributed by atoms with Crippen LogP contribution in [0, 0.1) is 0 Å². The van der Waals surface area contributed by atoms with Crippen molar-refractivity contribution in [1.82, 2.24) is 0 Å². The number of hydrogen-bond acceptors (Lipinski definition) is 3. The van der Waals surface area contributed by atoms with Gasteiger partial charge in [-0.15, -0.1) is 0 Å². The first-order valence-electron chi connectivity index (χ1n) is 9.64. The summed E-state index contributed by atoms with van der Waals surface area (Å²) in [6.07, 6.45) is 1.55. The van der Waals surface area contributed by atoms with E-state index >= 15 is 0 Å². The summed E-state index contributed by atoms with van der Waals surface area (Å²) in [5.74, 6) is 0.00915. The Bertz CT molecular complexity index is 1310. The summed E-state index contributed by atoms with van der Waals surface area (Å²) >= 11 is 0. The zero-order valence-corrected chi connectivity index (χ0v) is 17.4. The van der Waals surface area contributed by atoms with Gasteiger partial charge in [-0.3, -0.25) is 4.55 Å². The molecule has 0 aliphatic heterocycles. The summed E-state index contributed by atoms with van der Waals surface area (Å²) in [5, 5.41) is 0. The van der Waals surface area contributed by atoms with Crippen LogP contribution in [0.3, 0.4) is 0 Å². The fraction of sp³-hybridized carbons (Fsp3) is 0. The monoisotopic (exact) mass is 428 g/mol. The Morgan fingerprint density at radius 3 is 1.61 bits per heavy atom. The lowest BCUT2D eigenvalue weighted by Crippen LogP contribution is -2.09. The van der Waals surface area contributed by atoms with Gasteiger partial charge in [0.1, 0.15) is 0 Å². The molecule has 0 radical (unpaired) electrons. The van der Waals surface area contributed by atoms with Gasteiger partial charge in [-0.1, -0.05) is 104 Å². The topological polar surface area (TPSA) is 63.6 Å². The minimum atomic E-state index is -4.73. The molecule has 0 bridgehead atoms. The molecule has 4 rings (SSSR count). The average Bonchev–Trinajstić information content (AvgIpc) is 2.79. The van der Waals surface area contributed by atoms with E-state index in [1.165, 1.54) is 0 Å². The van der Waals surface area contributed by atoms with Crippen molar-refractivity contribution in [3.05, 3.63) is 109 Å². The molecule has 31 heavy (non-hydrogen) atoms. The van der Waals surface area contributed by atoms with E-state index in [-0.39, 0.29) is 5.75 Å². The third-order valence-corrected chi connectivity index (χ3v) is 5.33. The van der Waals surface area contributed by atoms with Gasteiger partial charge in [0, 0.05) is 11.1 Å². The molecular formula is C26H20O4S.